The van der Waals surface area contributed by atoms with Gasteiger partial charge in [0.2, 0.25) is 5.91 Å². The predicted molar refractivity (Wildman–Crippen MR) is 96.5 cm³/mol. The summed E-state index contributed by atoms with van der Waals surface area (Å²) in [6, 6.07) is 8.20. The van der Waals surface area contributed by atoms with E-state index in [1.165, 1.54) is 6.92 Å². The maximum absolute atomic E-state index is 12.8. The molecule has 0 unspecified atom stereocenters. The Hall–Kier alpha value is -2.29. The molecule has 2 rings (SSSR count). The molecule has 1 N–H and O–H groups in total. The van der Waals surface area contributed by atoms with Gasteiger partial charge in [-0.3, -0.25) is 4.79 Å². The van der Waals surface area contributed by atoms with Gasteiger partial charge >= 0.3 is 6.18 Å². The quantitative estimate of drug-likeness (QED) is 0.563. The number of hydrogen-bond acceptors (Lipinski definition) is 5. The highest BCUT2D eigenvalue weighted by Gasteiger charge is 2.33. The van der Waals surface area contributed by atoms with E-state index in [0.717, 1.165) is 23.4 Å². The lowest BCUT2D eigenvalue weighted by atomic mass is 10.2. The normalized spacial score (nSPS) is 11.5. The number of halogens is 3. The lowest BCUT2D eigenvalue weighted by Gasteiger charge is -2.11. The number of nitrogens with zero attached hydrogens (tertiary/aromatic N) is 2. The molecule has 0 aliphatic rings. The monoisotopic (exact) mass is 399 g/mol. The van der Waals surface area contributed by atoms with Gasteiger partial charge in [0.15, 0.2) is 5.16 Å². The molecule has 0 saturated heterocycles. The van der Waals surface area contributed by atoms with Crippen molar-refractivity contribution >= 4 is 17.7 Å². The Bertz CT molecular complexity index is 798. The van der Waals surface area contributed by atoms with Crippen LogP contribution in [0.3, 0.4) is 0 Å². The van der Waals surface area contributed by atoms with E-state index in [1.54, 1.807) is 0 Å². The van der Waals surface area contributed by atoms with E-state index in [1.807, 2.05) is 38.1 Å². The second-order valence-electron chi connectivity index (χ2n) is 6.05. The number of benzene rings is 1. The lowest BCUT2D eigenvalue weighted by molar-refractivity contribution is -0.141. The maximum Gasteiger partial charge on any atom is 0.433 e. The summed E-state index contributed by atoms with van der Waals surface area (Å²) < 4.78 is 43.9. The Morgan fingerprint density at radius 1 is 1.26 bits per heavy atom. The van der Waals surface area contributed by atoms with Crippen LogP contribution in [0.2, 0.25) is 0 Å². The topological polar surface area (TPSA) is 64.1 Å². The van der Waals surface area contributed by atoms with Crippen molar-refractivity contribution in [1.29, 1.82) is 0 Å². The fourth-order valence-corrected chi connectivity index (χ4v) is 2.87. The van der Waals surface area contributed by atoms with Crippen LogP contribution in [-0.2, 0) is 17.5 Å². The van der Waals surface area contributed by atoms with Crippen molar-refractivity contribution in [1.82, 2.24) is 15.3 Å². The van der Waals surface area contributed by atoms with Gasteiger partial charge in [-0.2, -0.15) is 13.2 Å². The van der Waals surface area contributed by atoms with Gasteiger partial charge < -0.3 is 10.1 Å². The predicted octanol–water partition coefficient (Wildman–Crippen LogP) is 4.00. The van der Waals surface area contributed by atoms with Crippen LogP contribution in [0.25, 0.3) is 0 Å². The van der Waals surface area contributed by atoms with Gasteiger partial charge in [-0.05, 0) is 44.5 Å². The minimum absolute atomic E-state index is 0.0437. The van der Waals surface area contributed by atoms with Gasteiger partial charge in [0.1, 0.15) is 11.4 Å². The van der Waals surface area contributed by atoms with Gasteiger partial charge in [0.25, 0.3) is 0 Å². The first kappa shape index (κ1) is 21.0. The molecule has 0 spiro atoms. The van der Waals surface area contributed by atoms with Crippen molar-refractivity contribution < 1.29 is 22.7 Å². The van der Waals surface area contributed by atoms with Crippen LogP contribution in [0.15, 0.2) is 35.5 Å². The molecule has 1 aromatic carbocycles. The summed E-state index contributed by atoms with van der Waals surface area (Å²) in [6.45, 7) is 5.58. The largest absolute Gasteiger partial charge is 0.491 e. The molecule has 2 aromatic rings. The molecule has 0 atom stereocenters. The molecule has 0 bridgehead atoms. The summed E-state index contributed by atoms with van der Waals surface area (Å²) in [6.07, 6.45) is -4.50. The average Bonchev–Trinajstić information content (AvgIpc) is 2.56. The molecule has 1 aromatic heterocycles. The van der Waals surface area contributed by atoms with Crippen molar-refractivity contribution in [3.63, 3.8) is 0 Å². The summed E-state index contributed by atoms with van der Waals surface area (Å²) >= 11 is 0.861. The lowest BCUT2D eigenvalue weighted by Crippen LogP contribution is -2.24. The van der Waals surface area contributed by atoms with Crippen LogP contribution >= 0.6 is 11.8 Å². The molecule has 0 aliphatic carbocycles. The molecule has 1 heterocycles. The van der Waals surface area contributed by atoms with Gasteiger partial charge in [0, 0.05) is 12.2 Å². The van der Waals surface area contributed by atoms with Crippen LogP contribution in [0.5, 0.6) is 5.75 Å². The summed E-state index contributed by atoms with van der Waals surface area (Å²) in [5, 5.41) is 2.64. The number of carbonyl (C=O) groups is 1. The molecule has 0 saturated carbocycles. The van der Waals surface area contributed by atoms with E-state index in [9.17, 15) is 18.0 Å². The minimum Gasteiger partial charge on any atom is -0.491 e. The van der Waals surface area contributed by atoms with Crippen molar-refractivity contribution in [3.8, 4) is 5.75 Å². The molecule has 0 radical (unpaired) electrons. The summed E-state index contributed by atoms with van der Waals surface area (Å²) in [7, 11) is 0. The molecule has 1 amide bonds. The van der Waals surface area contributed by atoms with Crippen LogP contribution in [0.1, 0.15) is 30.8 Å². The number of amides is 1. The third-order valence-electron chi connectivity index (χ3n) is 3.22. The van der Waals surface area contributed by atoms with E-state index in [-0.39, 0.29) is 35.2 Å². The zero-order chi connectivity index (χ0) is 20.0. The van der Waals surface area contributed by atoms with E-state index < -0.39 is 11.9 Å². The van der Waals surface area contributed by atoms with E-state index in [0.29, 0.717) is 5.75 Å². The highest BCUT2D eigenvalue weighted by molar-refractivity contribution is 7.99. The van der Waals surface area contributed by atoms with E-state index in [4.69, 9.17) is 4.74 Å². The van der Waals surface area contributed by atoms with Crippen molar-refractivity contribution in [2.75, 3.05) is 5.75 Å². The molecule has 0 fully saturated rings. The number of thioether (sulfide) groups is 1. The number of nitrogens with one attached hydrogen (secondary N) is 1. The minimum atomic E-state index is -4.55. The van der Waals surface area contributed by atoms with Crippen LogP contribution in [0.4, 0.5) is 13.2 Å². The Labute approximate surface area is 159 Å². The number of ether oxygens (including phenoxy) is 1. The zero-order valence-corrected chi connectivity index (χ0v) is 15.9. The Morgan fingerprint density at radius 2 is 2.00 bits per heavy atom. The Balaban J connectivity index is 1.89. The number of aromatic nitrogens is 2. The average molecular weight is 399 g/mol. The standard InChI is InChI=1S/C18H20F3N3O2S/c1-11(2)26-14-6-4-5-13(8-14)9-22-16(25)10-27-17-23-12(3)7-15(24-17)18(19,20)21/h4-8,11H,9-10H2,1-3H3,(H,22,25). The SMILES string of the molecule is Cc1cc(C(F)(F)F)nc(SCC(=O)NCc2cccc(OC(C)C)c2)n1. The summed E-state index contributed by atoms with van der Waals surface area (Å²) in [5.74, 6) is 0.302. The first-order valence-corrected chi connectivity index (χ1v) is 9.20. The highest BCUT2D eigenvalue weighted by atomic mass is 32.2. The fourth-order valence-electron chi connectivity index (χ4n) is 2.13. The Morgan fingerprint density at radius 3 is 2.67 bits per heavy atom. The molecule has 27 heavy (non-hydrogen) atoms. The van der Waals surface area contributed by atoms with Crippen LogP contribution < -0.4 is 10.1 Å². The number of aryl methyl sites for hydroxylation is 1. The third-order valence-corrected chi connectivity index (χ3v) is 4.06. The Kier molecular flexibility index (Phi) is 7.06. The van der Waals surface area contributed by atoms with Crippen molar-refractivity contribution in [2.24, 2.45) is 0 Å². The number of alkyl halides is 3. The molecule has 5 nitrogen and oxygen atoms in total. The maximum atomic E-state index is 12.8. The molecular weight excluding hydrogens is 379 g/mol. The molecule has 146 valence electrons. The second kappa shape index (κ2) is 9.07. The first-order chi connectivity index (χ1) is 12.6. The molecule has 0 aliphatic heterocycles. The molecule has 9 heteroatoms. The van der Waals surface area contributed by atoms with E-state index >= 15 is 0 Å². The number of carbonyl (C=O) groups excluding carboxylic acids is 1. The van der Waals surface area contributed by atoms with Crippen LogP contribution in [0, 0.1) is 6.92 Å². The highest BCUT2D eigenvalue weighted by Crippen LogP contribution is 2.29. The summed E-state index contributed by atoms with van der Waals surface area (Å²) in [5.41, 5.74) is 0.0414. The molecular formula is C18H20F3N3O2S. The van der Waals surface area contributed by atoms with Crippen molar-refractivity contribution in [2.45, 2.75) is 44.8 Å². The number of hydrogen-bond donors (Lipinski definition) is 1. The van der Waals surface area contributed by atoms with Crippen molar-refractivity contribution in [3.05, 3.63) is 47.3 Å². The van der Waals surface area contributed by atoms with Gasteiger partial charge in [-0.15, -0.1) is 0 Å². The smallest absolute Gasteiger partial charge is 0.433 e. The van der Waals surface area contributed by atoms with Gasteiger partial charge in [-0.25, -0.2) is 9.97 Å². The second-order valence-corrected chi connectivity index (χ2v) is 7.00. The van der Waals surface area contributed by atoms with E-state index in [2.05, 4.69) is 15.3 Å². The van der Waals surface area contributed by atoms with Gasteiger partial charge in [0.05, 0.1) is 11.9 Å². The third kappa shape index (κ3) is 7.09. The number of rotatable bonds is 7. The van der Waals surface area contributed by atoms with Crippen LogP contribution in [-0.4, -0.2) is 27.7 Å². The zero-order valence-electron chi connectivity index (χ0n) is 15.1. The summed E-state index contributed by atoms with van der Waals surface area (Å²) in [4.78, 5) is 19.4. The van der Waals surface area contributed by atoms with Gasteiger partial charge in [-0.1, -0.05) is 23.9 Å². The fraction of sp³-hybridized carbons (Fsp3) is 0.389. The first-order valence-electron chi connectivity index (χ1n) is 8.21.